The van der Waals surface area contributed by atoms with Crippen molar-refractivity contribution in [3.05, 3.63) is 45.4 Å². The van der Waals surface area contributed by atoms with Crippen LogP contribution in [0.15, 0.2) is 42.8 Å². The highest BCUT2D eigenvalue weighted by molar-refractivity contribution is 7.89. The lowest BCUT2D eigenvalue weighted by molar-refractivity contribution is 0.210. The molecule has 0 radical (unpaired) electrons. The minimum absolute atomic E-state index is 0.00208. The number of sulfonamides is 1. The van der Waals surface area contributed by atoms with Gasteiger partial charge in [-0.25, -0.2) is 18.4 Å². The number of likely N-dealkylation sites (tertiary alicyclic amines) is 1. The first kappa shape index (κ1) is 23.7. The van der Waals surface area contributed by atoms with Gasteiger partial charge in [0.15, 0.2) is 11.2 Å². The summed E-state index contributed by atoms with van der Waals surface area (Å²) < 4.78 is 40.0. The summed E-state index contributed by atoms with van der Waals surface area (Å²) in [6.45, 7) is 4.72. The maximum atomic E-state index is 11.7. The van der Waals surface area contributed by atoms with Crippen molar-refractivity contribution in [1.82, 2.24) is 14.9 Å². The minimum Gasteiger partial charge on any atom is -0.492 e. The van der Waals surface area contributed by atoms with Crippen LogP contribution < -0.4 is 20.9 Å². The first-order valence-corrected chi connectivity index (χ1v) is 13.0. The largest absolute Gasteiger partial charge is 0.492 e. The van der Waals surface area contributed by atoms with Crippen molar-refractivity contribution in [3.63, 3.8) is 0 Å². The van der Waals surface area contributed by atoms with Gasteiger partial charge in [0.25, 0.3) is 6.01 Å². The van der Waals surface area contributed by atoms with Crippen LogP contribution in [0.1, 0.15) is 25.3 Å². The Morgan fingerprint density at radius 3 is 2.71 bits per heavy atom. The number of nitrogens with two attached hydrogens (primary N) is 1. The van der Waals surface area contributed by atoms with Crippen LogP contribution in [0.4, 0.5) is 6.01 Å². The summed E-state index contributed by atoms with van der Waals surface area (Å²) in [6.07, 6.45) is 1.70. The summed E-state index contributed by atoms with van der Waals surface area (Å²) in [7, 11) is -3.97. The molecular weight excluding hydrogens is 498 g/mol. The third-order valence-corrected chi connectivity index (χ3v) is 7.30. The molecule has 35 heavy (non-hydrogen) atoms. The predicted molar refractivity (Wildman–Crippen MR) is 130 cm³/mol. The number of halogens is 1. The molecular formula is C22H24ClN5O6S. The van der Waals surface area contributed by atoms with Gasteiger partial charge >= 0.3 is 5.76 Å². The number of primary sulfonamides is 1. The molecule has 0 aliphatic carbocycles. The van der Waals surface area contributed by atoms with Crippen LogP contribution in [0.3, 0.4) is 0 Å². The molecule has 0 unspecified atom stereocenters. The van der Waals surface area contributed by atoms with E-state index in [2.05, 4.69) is 20.2 Å². The van der Waals surface area contributed by atoms with Crippen molar-refractivity contribution < 1.29 is 22.0 Å². The quantitative estimate of drug-likeness (QED) is 0.332. The van der Waals surface area contributed by atoms with E-state index in [4.69, 9.17) is 30.3 Å². The van der Waals surface area contributed by atoms with E-state index in [0.717, 1.165) is 31.5 Å². The highest BCUT2D eigenvalue weighted by Gasteiger charge is 2.23. The van der Waals surface area contributed by atoms with E-state index in [-0.39, 0.29) is 21.5 Å². The Morgan fingerprint density at radius 2 is 2.00 bits per heavy atom. The zero-order chi connectivity index (χ0) is 24.7. The number of nitrogens with one attached hydrogen (secondary N) is 2. The fourth-order valence-electron chi connectivity index (χ4n) is 4.31. The molecule has 0 saturated carbocycles. The van der Waals surface area contributed by atoms with Crippen LogP contribution in [0.5, 0.6) is 5.75 Å². The summed E-state index contributed by atoms with van der Waals surface area (Å²) in [5.41, 5.74) is 2.78. The Morgan fingerprint density at radius 1 is 1.23 bits per heavy atom. The van der Waals surface area contributed by atoms with E-state index in [1.165, 1.54) is 12.1 Å². The first-order chi connectivity index (χ1) is 16.7. The lowest BCUT2D eigenvalue weighted by Crippen LogP contribution is -2.38. The molecule has 1 fully saturated rings. The fraction of sp³-hybridized carbons (Fsp3) is 0.364. The molecule has 2 aromatic carbocycles. The standard InChI is InChI=1S/C22H24ClN5O6S/c1-2-32-17-7-12(8-18-20(17)27-22(29)34-18)11-28-5-3-13(4-6-28)25-21-26-15-9-14(23)19(35(24,30)31)10-16(15)33-21/h7-10,13H,2-6,11H2,1H3,(H,25,26)(H,27,29)(H2,24,30,31). The molecule has 13 heteroatoms. The van der Waals surface area contributed by atoms with E-state index < -0.39 is 15.8 Å². The van der Waals surface area contributed by atoms with Gasteiger partial charge in [-0.1, -0.05) is 11.6 Å². The number of aromatic amines is 1. The molecule has 3 heterocycles. The molecule has 186 valence electrons. The molecule has 4 aromatic rings. The van der Waals surface area contributed by atoms with Crippen molar-refractivity contribution >= 4 is 49.8 Å². The molecule has 4 N–H and O–H groups in total. The average molecular weight is 522 g/mol. The van der Waals surface area contributed by atoms with Crippen LogP contribution in [-0.4, -0.2) is 49.0 Å². The number of oxazole rings is 2. The highest BCUT2D eigenvalue weighted by atomic mass is 35.5. The van der Waals surface area contributed by atoms with Gasteiger partial charge in [-0.3, -0.25) is 9.88 Å². The molecule has 0 atom stereocenters. The summed E-state index contributed by atoms with van der Waals surface area (Å²) in [4.78, 5) is 20.8. The van der Waals surface area contributed by atoms with Gasteiger partial charge in [0.05, 0.1) is 11.6 Å². The summed E-state index contributed by atoms with van der Waals surface area (Å²) in [5, 5.41) is 8.48. The number of aromatic nitrogens is 2. The van der Waals surface area contributed by atoms with Crippen molar-refractivity contribution in [2.45, 2.75) is 37.2 Å². The highest BCUT2D eigenvalue weighted by Crippen LogP contribution is 2.30. The maximum absolute atomic E-state index is 11.7. The topological polar surface area (TPSA) is 157 Å². The zero-order valence-electron chi connectivity index (χ0n) is 18.8. The van der Waals surface area contributed by atoms with Gasteiger partial charge in [-0.2, -0.15) is 4.98 Å². The SMILES string of the molecule is CCOc1cc(CN2CCC(Nc3nc4cc(Cl)c(S(N)(=O)=O)cc4o3)CC2)cc2oc(=O)[nH]c12. The predicted octanol–water partition coefficient (Wildman–Crippen LogP) is 3.04. The van der Waals surface area contributed by atoms with Crippen molar-refractivity contribution in [1.29, 1.82) is 0 Å². The van der Waals surface area contributed by atoms with Crippen LogP contribution in [-0.2, 0) is 16.6 Å². The monoisotopic (exact) mass is 521 g/mol. The molecule has 1 aliphatic heterocycles. The van der Waals surface area contributed by atoms with Crippen LogP contribution in [0.25, 0.3) is 22.2 Å². The summed E-state index contributed by atoms with van der Waals surface area (Å²) in [6, 6.07) is 6.94. The molecule has 11 nitrogen and oxygen atoms in total. The number of rotatable bonds is 7. The molecule has 2 aromatic heterocycles. The van der Waals surface area contributed by atoms with Crippen molar-refractivity contribution in [2.24, 2.45) is 5.14 Å². The van der Waals surface area contributed by atoms with E-state index >= 15 is 0 Å². The molecule has 0 spiro atoms. The Bertz CT molecular complexity index is 1550. The van der Waals surface area contributed by atoms with Gasteiger partial charge in [0, 0.05) is 31.7 Å². The van der Waals surface area contributed by atoms with Gasteiger partial charge in [0.2, 0.25) is 10.0 Å². The van der Waals surface area contributed by atoms with E-state index in [1.54, 1.807) is 0 Å². The number of piperidine rings is 1. The molecule has 5 rings (SSSR count). The van der Waals surface area contributed by atoms with Crippen LogP contribution >= 0.6 is 11.6 Å². The molecule has 1 aliphatic rings. The van der Waals surface area contributed by atoms with Gasteiger partial charge in [-0.15, -0.1) is 0 Å². The Labute approximate surface area is 205 Å². The number of hydrogen-bond acceptors (Lipinski definition) is 9. The lowest BCUT2D eigenvalue weighted by Gasteiger charge is -2.32. The molecule has 0 bridgehead atoms. The van der Waals surface area contributed by atoms with Gasteiger partial charge < -0.3 is 18.9 Å². The van der Waals surface area contributed by atoms with E-state index in [1.807, 2.05) is 19.1 Å². The smallest absolute Gasteiger partial charge is 0.417 e. The molecule has 0 amide bonds. The second-order valence-corrected chi connectivity index (χ2v) is 10.4. The number of nitrogens with zero attached hydrogens (tertiary/aromatic N) is 2. The zero-order valence-corrected chi connectivity index (χ0v) is 20.4. The summed E-state index contributed by atoms with van der Waals surface area (Å²) >= 11 is 6.03. The maximum Gasteiger partial charge on any atom is 0.417 e. The minimum atomic E-state index is -3.97. The number of hydrogen-bond donors (Lipinski definition) is 3. The Hall–Kier alpha value is -3.06. The Balaban J connectivity index is 1.24. The van der Waals surface area contributed by atoms with Crippen molar-refractivity contribution in [2.75, 3.05) is 25.0 Å². The average Bonchev–Trinajstić information content (AvgIpc) is 3.35. The normalized spacial score (nSPS) is 15.7. The number of H-pyrrole nitrogens is 1. The van der Waals surface area contributed by atoms with Gasteiger partial charge in [0.1, 0.15) is 21.7 Å². The van der Waals surface area contributed by atoms with E-state index in [9.17, 15) is 13.2 Å². The summed E-state index contributed by atoms with van der Waals surface area (Å²) in [5.74, 6) is 0.0939. The number of ether oxygens (including phenoxy) is 1. The van der Waals surface area contributed by atoms with Crippen LogP contribution in [0, 0.1) is 0 Å². The number of fused-ring (bicyclic) bond motifs is 2. The number of benzene rings is 2. The second kappa shape index (κ2) is 9.19. The third-order valence-electron chi connectivity index (χ3n) is 5.93. The third kappa shape index (κ3) is 5.01. The van der Waals surface area contributed by atoms with Crippen LogP contribution in [0.2, 0.25) is 5.02 Å². The lowest BCUT2D eigenvalue weighted by atomic mass is 10.0. The second-order valence-electron chi connectivity index (χ2n) is 8.42. The molecule has 1 saturated heterocycles. The first-order valence-electron chi connectivity index (χ1n) is 11.1. The van der Waals surface area contributed by atoms with E-state index in [0.29, 0.717) is 41.5 Å². The van der Waals surface area contributed by atoms with Gasteiger partial charge in [-0.05, 0) is 43.5 Å². The number of anilines is 1. The Kier molecular flexibility index (Phi) is 6.21. The fourth-order valence-corrected chi connectivity index (χ4v) is 5.40. The van der Waals surface area contributed by atoms with Crippen molar-refractivity contribution in [3.8, 4) is 5.75 Å².